The van der Waals surface area contributed by atoms with Gasteiger partial charge in [0.05, 0.1) is 11.6 Å². The molecule has 1 fully saturated rings. The SMILES string of the molecule is N#Cc1cccc(C[C@H](NC(=O)C2CCCCC2)C(=O)O)c1. The summed E-state index contributed by atoms with van der Waals surface area (Å²) in [6, 6.07) is 7.88. The van der Waals surface area contributed by atoms with Gasteiger partial charge in [-0.15, -0.1) is 0 Å². The molecule has 5 nitrogen and oxygen atoms in total. The number of nitrogens with one attached hydrogen (secondary N) is 1. The zero-order chi connectivity index (χ0) is 15.9. The van der Waals surface area contributed by atoms with Crippen LogP contribution in [0.25, 0.3) is 0 Å². The number of carboxylic acids is 1. The Balaban J connectivity index is 2.01. The van der Waals surface area contributed by atoms with Crippen molar-refractivity contribution in [1.29, 1.82) is 5.26 Å². The van der Waals surface area contributed by atoms with Gasteiger partial charge in [0.1, 0.15) is 6.04 Å². The lowest BCUT2D eigenvalue weighted by atomic mass is 9.88. The molecule has 1 aliphatic carbocycles. The Labute approximate surface area is 129 Å². The van der Waals surface area contributed by atoms with Gasteiger partial charge in [-0.2, -0.15) is 5.26 Å². The monoisotopic (exact) mass is 300 g/mol. The minimum absolute atomic E-state index is 0.0685. The van der Waals surface area contributed by atoms with Gasteiger partial charge in [-0.3, -0.25) is 4.79 Å². The first-order chi connectivity index (χ1) is 10.6. The molecule has 0 heterocycles. The van der Waals surface area contributed by atoms with Crippen LogP contribution in [0.3, 0.4) is 0 Å². The highest BCUT2D eigenvalue weighted by atomic mass is 16.4. The number of nitriles is 1. The van der Waals surface area contributed by atoms with Gasteiger partial charge >= 0.3 is 5.97 Å². The molecule has 1 saturated carbocycles. The molecule has 0 spiro atoms. The topological polar surface area (TPSA) is 90.2 Å². The third-order valence-corrected chi connectivity index (χ3v) is 4.09. The number of aliphatic carboxylic acids is 1. The molecule has 22 heavy (non-hydrogen) atoms. The number of carbonyl (C=O) groups is 2. The van der Waals surface area contributed by atoms with Crippen LogP contribution in [0, 0.1) is 17.2 Å². The van der Waals surface area contributed by atoms with Gasteiger partial charge in [0.25, 0.3) is 0 Å². The Kier molecular flexibility index (Phi) is 5.54. The number of hydrogen-bond donors (Lipinski definition) is 2. The minimum atomic E-state index is -1.05. The second kappa shape index (κ2) is 7.60. The predicted molar refractivity (Wildman–Crippen MR) is 81.0 cm³/mol. The molecule has 5 heteroatoms. The smallest absolute Gasteiger partial charge is 0.326 e. The molecule has 1 aromatic carbocycles. The molecular weight excluding hydrogens is 280 g/mol. The molecule has 116 valence electrons. The van der Waals surface area contributed by atoms with E-state index < -0.39 is 12.0 Å². The van der Waals surface area contributed by atoms with Crippen molar-refractivity contribution in [1.82, 2.24) is 5.32 Å². The summed E-state index contributed by atoms with van der Waals surface area (Å²) in [5, 5.41) is 20.9. The summed E-state index contributed by atoms with van der Waals surface area (Å²) >= 11 is 0. The quantitative estimate of drug-likeness (QED) is 0.872. The first-order valence-corrected chi connectivity index (χ1v) is 7.62. The molecule has 0 aliphatic heterocycles. The van der Waals surface area contributed by atoms with Crippen molar-refractivity contribution in [2.24, 2.45) is 5.92 Å². The molecule has 1 atom stereocenters. The second-order valence-corrected chi connectivity index (χ2v) is 5.75. The van der Waals surface area contributed by atoms with E-state index in [9.17, 15) is 14.7 Å². The highest BCUT2D eigenvalue weighted by molar-refractivity contribution is 5.85. The summed E-state index contributed by atoms with van der Waals surface area (Å²) in [5.74, 6) is -1.28. The van der Waals surface area contributed by atoms with Crippen LogP contribution in [-0.2, 0) is 16.0 Å². The van der Waals surface area contributed by atoms with Crippen LogP contribution in [0.15, 0.2) is 24.3 Å². The van der Waals surface area contributed by atoms with Crippen molar-refractivity contribution >= 4 is 11.9 Å². The lowest BCUT2D eigenvalue weighted by Gasteiger charge is -2.23. The summed E-state index contributed by atoms with van der Waals surface area (Å²) in [6.07, 6.45) is 5.06. The number of carbonyl (C=O) groups excluding carboxylic acids is 1. The number of carboxylic acid groups (broad SMARTS) is 1. The lowest BCUT2D eigenvalue weighted by molar-refractivity contribution is -0.142. The molecule has 0 unspecified atom stereocenters. The standard InChI is InChI=1S/C17H20N2O3/c18-11-13-6-4-5-12(9-13)10-15(17(21)22)19-16(20)14-7-2-1-3-8-14/h4-6,9,14-15H,1-3,7-8,10H2,(H,19,20)(H,21,22)/t15-/m0/s1. The molecule has 0 radical (unpaired) electrons. The summed E-state index contributed by atoms with van der Waals surface area (Å²) < 4.78 is 0. The van der Waals surface area contributed by atoms with E-state index in [0.717, 1.165) is 37.7 Å². The molecule has 1 aromatic rings. The third-order valence-electron chi connectivity index (χ3n) is 4.09. The van der Waals surface area contributed by atoms with Gasteiger partial charge in [-0.1, -0.05) is 31.4 Å². The Morgan fingerprint density at radius 2 is 2.05 bits per heavy atom. The summed E-state index contributed by atoms with van der Waals surface area (Å²) in [4.78, 5) is 23.6. The Bertz CT molecular complexity index is 586. The van der Waals surface area contributed by atoms with E-state index in [4.69, 9.17) is 5.26 Å². The number of hydrogen-bond acceptors (Lipinski definition) is 3. The molecule has 0 saturated heterocycles. The fourth-order valence-electron chi connectivity index (χ4n) is 2.86. The number of rotatable bonds is 5. The van der Waals surface area contributed by atoms with E-state index in [2.05, 4.69) is 5.32 Å². The van der Waals surface area contributed by atoms with E-state index >= 15 is 0 Å². The molecule has 0 bridgehead atoms. The zero-order valence-electron chi connectivity index (χ0n) is 12.4. The van der Waals surface area contributed by atoms with Crippen LogP contribution in [-0.4, -0.2) is 23.0 Å². The average Bonchev–Trinajstić information content (AvgIpc) is 2.55. The van der Waals surface area contributed by atoms with Crippen LogP contribution >= 0.6 is 0 Å². The molecular formula is C17H20N2O3. The van der Waals surface area contributed by atoms with Crippen LogP contribution < -0.4 is 5.32 Å². The molecule has 2 N–H and O–H groups in total. The Morgan fingerprint density at radius 3 is 2.68 bits per heavy atom. The van der Waals surface area contributed by atoms with E-state index in [1.807, 2.05) is 6.07 Å². The van der Waals surface area contributed by atoms with Gasteiger partial charge in [0, 0.05) is 12.3 Å². The van der Waals surface area contributed by atoms with E-state index in [-0.39, 0.29) is 18.2 Å². The fourth-order valence-corrected chi connectivity index (χ4v) is 2.86. The molecule has 1 aliphatic rings. The van der Waals surface area contributed by atoms with Gasteiger partial charge < -0.3 is 10.4 Å². The first kappa shape index (κ1) is 16.0. The van der Waals surface area contributed by atoms with E-state index in [1.165, 1.54) is 0 Å². The highest BCUT2D eigenvalue weighted by Crippen LogP contribution is 2.23. The average molecular weight is 300 g/mol. The van der Waals surface area contributed by atoms with Crippen LogP contribution in [0.5, 0.6) is 0 Å². The van der Waals surface area contributed by atoms with Crippen molar-refractivity contribution in [2.45, 2.75) is 44.6 Å². The maximum atomic E-state index is 12.2. The van der Waals surface area contributed by atoms with Gasteiger partial charge in [-0.05, 0) is 30.5 Å². The van der Waals surface area contributed by atoms with E-state index in [1.54, 1.807) is 24.3 Å². The zero-order valence-corrected chi connectivity index (χ0v) is 12.4. The summed E-state index contributed by atoms with van der Waals surface area (Å²) in [6.45, 7) is 0. The van der Waals surface area contributed by atoms with Crippen LogP contribution in [0.4, 0.5) is 0 Å². The van der Waals surface area contributed by atoms with Crippen molar-refractivity contribution in [3.05, 3.63) is 35.4 Å². The maximum absolute atomic E-state index is 12.2. The van der Waals surface area contributed by atoms with Crippen LogP contribution in [0.2, 0.25) is 0 Å². The van der Waals surface area contributed by atoms with Crippen LogP contribution in [0.1, 0.15) is 43.2 Å². The van der Waals surface area contributed by atoms with Crippen molar-refractivity contribution in [3.63, 3.8) is 0 Å². The van der Waals surface area contributed by atoms with Gasteiger partial charge in [0.15, 0.2) is 0 Å². The summed E-state index contributed by atoms with van der Waals surface area (Å²) in [5.41, 5.74) is 1.22. The minimum Gasteiger partial charge on any atom is -0.480 e. The molecule has 1 amide bonds. The molecule has 2 rings (SSSR count). The fraction of sp³-hybridized carbons (Fsp3) is 0.471. The second-order valence-electron chi connectivity index (χ2n) is 5.75. The Morgan fingerprint density at radius 1 is 1.32 bits per heavy atom. The third kappa shape index (κ3) is 4.32. The van der Waals surface area contributed by atoms with Gasteiger partial charge in [0.2, 0.25) is 5.91 Å². The Hall–Kier alpha value is -2.35. The van der Waals surface area contributed by atoms with Crippen molar-refractivity contribution < 1.29 is 14.7 Å². The normalized spacial score (nSPS) is 16.5. The largest absolute Gasteiger partial charge is 0.480 e. The first-order valence-electron chi connectivity index (χ1n) is 7.62. The highest BCUT2D eigenvalue weighted by Gasteiger charge is 2.26. The van der Waals surface area contributed by atoms with Gasteiger partial charge in [-0.25, -0.2) is 4.79 Å². The van der Waals surface area contributed by atoms with Crippen molar-refractivity contribution in [2.75, 3.05) is 0 Å². The number of amides is 1. The lowest BCUT2D eigenvalue weighted by Crippen LogP contribution is -2.45. The maximum Gasteiger partial charge on any atom is 0.326 e. The van der Waals surface area contributed by atoms with E-state index in [0.29, 0.717) is 5.56 Å². The number of benzene rings is 1. The predicted octanol–water partition coefficient (Wildman–Crippen LogP) is 2.25. The summed E-state index contributed by atoms with van der Waals surface area (Å²) in [7, 11) is 0. The van der Waals surface area contributed by atoms with Crippen molar-refractivity contribution in [3.8, 4) is 6.07 Å². The molecule has 0 aromatic heterocycles. The number of nitrogens with zero attached hydrogens (tertiary/aromatic N) is 1.